The molecule has 3 aromatic carbocycles. The molecule has 1 heterocycles. The summed E-state index contributed by atoms with van der Waals surface area (Å²) >= 11 is 0. The minimum absolute atomic E-state index is 0.0613. The molecule has 0 unspecified atom stereocenters. The molecular formula is C25H21F2N3O6. The maximum atomic E-state index is 15.0. The largest absolute Gasteiger partial charge is 0.497 e. The van der Waals surface area contributed by atoms with Crippen molar-refractivity contribution in [1.29, 1.82) is 0 Å². The van der Waals surface area contributed by atoms with Crippen molar-refractivity contribution < 1.29 is 32.8 Å². The van der Waals surface area contributed by atoms with Gasteiger partial charge in [-0.05, 0) is 11.6 Å². The van der Waals surface area contributed by atoms with E-state index in [-0.39, 0.29) is 30.3 Å². The molecule has 36 heavy (non-hydrogen) atoms. The second kappa shape index (κ2) is 10.4. The Balaban J connectivity index is 1.67. The summed E-state index contributed by atoms with van der Waals surface area (Å²) in [6, 6.07) is 14.7. The van der Waals surface area contributed by atoms with Crippen molar-refractivity contribution in [3.63, 3.8) is 0 Å². The number of hydrogen-bond donors (Lipinski definition) is 1. The molecule has 0 aliphatic carbocycles. The number of nitro groups is 1. The van der Waals surface area contributed by atoms with E-state index in [0.29, 0.717) is 5.56 Å². The quantitative estimate of drug-likeness (QED) is 0.385. The number of amides is 2. The lowest BCUT2D eigenvalue weighted by molar-refractivity contribution is -0.384. The average molecular weight is 497 g/mol. The highest BCUT2D eigenvalue weighted by Crippen LogP contribution is 2.39. The molecule has 1 fully saturated rings. The van der Waals surface area contributed by atoms with Gasteiger partial charge in [-0.25, -0.2) is 13.6 Å². The molecule has 0 bridgehead atoms. The lowest BCUT2D eigenvalue weighted by Gasteiger charge is -2.20. The number of hydrogen-bond acceptors (Lipinski definition) is 6. The van der Waals surface area contributed by atoms with Crippen LogP contribution < -0.4 is 15.0 Å². The van der Waals surface area contributed by atoms with Crippen molar-refractivity contribution in [3.05, 3.63) is 99.6 Å². The maximum Gasteiger partial charge on any atom is 0.408 e. The van der Waals surface area contributed by atoms with Gasteiger partial charge in [-0.15, -0.1) is 0 Å². The molecule has 1 aliphatic heterocycles. The molecule has 1 saturated heterocycles. The van der Waals surface area contributed by atoms with E-state index in [2.05, 4.69) is 5.32 Å². The predicted molar refractivity (Wildman–Crippen MR) is 125 cm³/mol. The minimum atomic E-state index is -1.45. The number of anilines is 1. The number of nitrogens with one attached hydrogen (secondary N) is 1. The van der Waals surface area contributed by atoms with Gasteiger partial charge < -0.3 is 19.7 Å². The third-order valence-electron chi connectivity index (χ3n) is 5.83. The molecule has 186 valence electrons. The van der Waals surface area contributed by atoms with Crippen molar-refractivity contribution >= 4 is 23.4 Å². The fourth-order valence-electron chi connectivity index (χ4n) is 4.14. The van der Waals surface area contributed by atoms with Crippen LogP contribution in [-0.4, -0.2) is 36.6 Å². The smallest absolute Gasteiger partial charge is 0.408 e. The van der Waals surface area contributed by atoms with E-state index < -0.39 is 46.1 Å². The van der Waals surface area contributed by atoms with Crippen LogP contribution in [0, 0.1) is 21.7 Å². The van der Waals surface area contributed by atoms with Crippen LogP contribution in [0.3, 0.4) is 0 Å². The molecule has 4 rings (SSSR count). The standard InChI is InChI=1S/C25H21F2N3O6/c1-35-16-11-18(26)22(19(27)12-16)17-13-29(20-9-5-6-10-21(20)30(33)34)24(31)23(17)28-25(32)36-14-15-7-3-2-4-8-15/h2-12,17,23H,13-14H2,1H3,(H,28,32)/t17-,23-/m0/s1. The molecule has 11 heteroatoms. The number of carbonyl (C=O) groups is 2. The van der Waals surface area contributed by atoms with Gasteiger partial charge in [0.15, 0.2) is 0 Å². The average Bonchev–Trinajstić information content (AvgIpc) is 3.18. The molecule has 0 spiro atoms. The van der Waals surface area contributed by atoms with Gasteiger partial charge in [0.1, 0.15) is 35.7 Å². The van der Waals surface area contributed by atoms with E-state index in [4.69, 9.17) is 9.47 Å². The lowest BCUT2D eigenvalue weighted by Crippen LogP contribution is -2.44. The Morgan fingerprint density at radius 1 is 1.11 bits per heavy atom. The molecule has 2 atom stereocenters. The van der Waals surface area contributed by atoms with Crippen molar-refractivity contribution in [2.45, 2.75) is 18.6 Å². The fraction of sp³-hybridized carbons (Fsp3) is 0.200. The van der Waals surface area contributed by atoms with Crippen LogP contribution in [0.2, 0.25) is 0 Å². The molecule has 3 aromatic rings. The number of ether oxygens (including phenoxy) is 2. The third kappa shape index (κ3) is 4.95. The number of para-hydroxylation sites is 2. The van der Waals surface area contributed by atoms with Crippen molar-refractivity contribution in [1.82, 2.24) is 5.32 Å². The van der Waals surface area contributed by atoms with Crippen LogP contribution in [0.1, 0.15) is 17.0 Å². The molecule has 0 aromatic heterocycles. The maximum absolute atomic E-state index is 15.0. The number of halogens is 2. The summed E-state index contributed by atoms with van der Waals surface area (Å²) in [5.74, 6) is -4.04. The number of methoxy groups -OCH3 is 1. The van der Waals surface area contributed by atoms with Gasteiger partial charge in [0, 0.05) is 36.2 Å². The molecule has 2 amide bonds. The van der Waals surface area contributed by atoms with E-state index in [9.17, 15) is 28.5 Å². The molecule has 0 radical (unpaired) electrons. The summed E-state index contributed by atoms with van der Waals surface area (Å²) in [4.78, 5) is 37.9. The van der Waals surface area contributed by atoms with E-state index in [0.717, 1.165) is 17.0 Å². The second-order valence-corrected chi connectivity index (χ2v) is 7.99. The van der Waals surface area contributed by atoms with Crippen LogP contribution in [0.15, 0.2) is 66.7 Å². The second-order valence-electron chi connectivity index (χ2n) is 7.99. The zero-order chi connectivity index (χ0) is 25.8. The van der Waals surface area contributed by atoms with Gasteiger partial charge in [-0.3, -0.25) is 14.9 Å². The SMILES string of the molecule is COc1cc(F)c([C@@H]2CN(c3ccccc3[N+](=O)[O-])C(=O)[C@H]2NC(=O)OCc2ccccc2)c(F)c1. The highest BCUT2D eigenvalue weighted by Gasteiger charge is 2.46. The lowest BCUT2D eigenvalue weighted by atomic mass is 9.93. The molecule has 0 saturated carbocycles. The summed E-state index contributed by atoms with van der Waals surface area (Å²) in [6.07, 6.45) is -0.985. The Hall–Kier alpha value is -4.54. The van der Waals surface area contributed by atoms with E-state index in [1.54, 1.807) is 30.3 Å². The normalized spacial score (nSPS) is 17.1. The first-order valence-corrected chi connectivity index (χ1v) is 10.8. The monoisotopic (exact) mass is 497 g/mol. The number of alkyl carbamates (subject to hydrolysis) is 1. The van der Waals surface area contributed by atoms with Gasteiger partial charge in [0.25, 0.3) is 11.6 Å². The van der Waals surface area contributed by atoms with Crippen LogP contribution in [0.4, 0.5) is 25.0 Å². The molecule has 9 nitrogen and oxygen atoms in total. The summed E-state index contributed by atoms with van der Waals surface area (Å²) < 4.78 is 40.1. The van der Waals surface area contributed by atoms with Crippen LogP contribution >= 0.6 is 0 Å². The van der Waals surface area contributed by atoms with Crippen LogP contribution in [0.5, 0.6) is 5.75 Å². The van der Waals surface area contributed by atoms with Gasteiger partial charge >= 0.3 is 6.09 Å². The number of nitrogens with zero attached hydrogens (tertiary/aromatic N) is 2. The van der Waals surface area contributed by atoms with E-state index in [1.165, 1.54) is 31.4 Å². The highest BCUT2D eigenvalue weighted by atomic mass is 19.1. The number of rotatable bonds is 7. The zero-order valence-electron chi connectivity index (χ0n) is 19.0. The van der Waals surface area contributed by atoms with Gasteiger partial charge in [-0.1, -0.05) is 42.5 Å². The Morgan fingerprint density at radius 2 is 1.75 bits per heavy atom. The fourth-order valence-corrected chi connectivity index (χ4v) is 4.14. The van der Waals surface area contributed by atoms with Gasteiger partial charge in [-0.2, -0.15) is 0 Å². The Labute approximate surface area is 204 Å². The van der Waals surface area contributed by atoms with Crippen LogP contribution in [0.25, 0.3) is 0 Å². The summed E-state index contributed by atoms with van der Waals surface area (Å²) in [6.45, 7) is -0.426. The third-order valence-corrected chi connectivity index (χ3v) is 5.83. The predicted octanol–water partition coefficient (Wildman–Crippen LogP) is 4.31. The first-order valence-electron chi connectivity index (χ1n) is 10.8. The van der Waals surface area contributed by atoms with Gasteiger partial charge in [0.05, 0.1) is 12.0 Å². The van der Waals surface area contributed by atoms with Crippen LogP contribution in [-0.2, 0) is 16.1 Å². The topological polar surface area (TPSA) is 111 Å². The Kier molecular flexibility index (Phi) is 7.09. The Morgan fingerprint density at radius 3 is 2.39 bits per heavy atom. The van der Waals surface area contributed by atoms with Gasteiger partial charge in [0.2, 0.25) is 0 Å². The number of carbonyl (C=O) groups excluding carboxylic acids is 2. The van der Waals surface area contributed by atoms with E-state index >= 15 is 0 Å². The number of nitro benzene ring substituents is 1. The van der Waals surface area contributed by atoms with E-state index in [1.807, 2.05) is 0 Å². The van der Waals surface area contributed by atoms with Crippen molar-refractivity contribution in [3.8, 4) is 5.75 Å². The first kappa shape index (κ1) is 24.6. The zero-order valence-corrected chi connectivity index (χ0v) is 19.0. The summed E-state index contributed by atoms with van der Waals surface area (Å²) in [7, 11) is 1.25. The van der Waals surface area contributed by atoms with Crippen molar-refractivity contribution in [2.75, 3.05) is 18.6 Å². The summed E-state index contributed by atoms with van der Waals surface area (Å²) in [5, 5.41) is 13.9. The number of benzene rings is 3. The molecule has 1 aliphatic rings. The Bertz CT molecular complexity index is 1280. The van der Waals surface area contributed by atoms with Crippen molar-refractivity contribution in [2.24, 2.45) is 0 Å². The molecule has 1 N–H and O–H groups in total. The minimum Gasteiger partial charge on any atom is -0.497 e. The summed E-state index contributed by atoms with van der Waals surface area (Å²) in [5.41, 5.74) is -0.198. The highest BCUT2D eigenvalue weighted by molar-refractivity contribution is 6.03. The first-order chi connectivity index (χ1) is 17.3. The molecular weight excluding hydrogens is 476 g/mol.